The Labute approximate surface area is 128 Å². The highest BCUT2D eigenvalue weighted by molar-refractivity contribution is 5.94. The molecule has 22 heavy (non-hydrogen) atoms. The molecule has 0 heterocycles. The van der Waals surface area contributed by atoms with Gasteiger partial charge in [-0.15, -0.1) is 0 Å². The minimum absolute atomic E-state index is 0.0189. The number of nitrogens with one attached hydrogen (secondary N) is 2. The Bertz CT molecular complexity index is 696. The minimum Gasteiger partial charge on any atom is -0.376 e. The average molecular weight is 299 g/mol. The zero-order valence-corrected chi connectivity index (χ0v) is 12.4. The fourth-order valence-corrected chi connectivity index (χ4v) is 1.96. The summed E-state index contributed by atoms with van der Waals surface area (Å²) in [5, 5.41) is 16.3. The number of rotatable bonds is 5. The van der Waals surface area contributed by atoms with Crippen LogP contribution in [0.15, 0.2) is 42.5 Å². The number of benzene rings is 2. The average Bonchev–Trinajstić information content (AvgIpc) is 2.50. The Morgan fingerprint density at radius 1 is 1.14 bits per heavy atom. The van der Waals surface area contributed by atoms with Gasteiger partial charge in [0, 0.05) is 23.5 Å². The van der Waals surface area contributed by atoms with E-state index in [2.05, 4.69) is 10.6 Å². The molecule has 0 aliphatic rings. The summed E-state index contributed by atoms with van der Waals surface area (Å²) in [6.07, 6.45) is 0. The van der Waals surface area contributed by atoms with Crippen molar-refractivity contribution >= 4 is 23.0 Å². The van der Waals surface area contributed by atoms with Crippen molar-refractivity contribution in [2.75, 3.05) is 17.2 Å². The summed E-state index contributed by atoms with van der Waals surface area (Å²) in [6.45, 7) is 4.03. The van der Waals surface area contributed by atoms with Crippen LogP contribution in [0.5, 0.6) is 0 Å². The number of hydrogen-bond acceptors (Lipinski definition) is 4. The Hall–Kier alpha value is -2.89. The SMILES string of the molecule is Cc1cccc(NC(=O)CNc2ccc([N+](=O)[O-])cc2)c1C. The van der Waals surface area contributed by atoms with Crippen LogP contribution < -0.4 is 10.6 Å². The zero-order chi connectivity index (χ0) is 16.1. The summed E-state index contributed by atoms with van der Waals surface area (Å²) in [4.78, 5) is 22.0. The Morgan fingerprint density at radius 3 is 2.45 bits per heavy atom. The molecule has 0 saturated carbocycles. The van der Waals surface area contributed by atoms with Gasteiger partial charge in [0.25, 0.3) is 5.69 Å². The molecule has 2 aromatic carbocycles. The number of carbonyl (C=O) groups excluding carboxylic acids is 1. The maximum atomic E-state index is 11.9. The van der Waals surface area contributed by atoms with Gasteiger partial charge in [-0.25, -0.2) is 0 Å². The van der Waals surface area contributed by atoms with E-state index in [1.54, 1.807) is 12.1 Å². The van der Waals surface area contributed by atoms with Gasteiger partial charge in [-0.2, -0.15) is 0 Å². The van der Waals surface area contributed by atoms with Crippen LogP contribution in [0.4, 0.5) is 17.1 Å². The lowest BCUT2D eigenvalue weighted by Gasteiger charge is -2.11. The lowest BCUT2D eigenvalue weighted by Crippen LogP contribution is -2.22. The van der Waals surface area contributed by atoms with E-state index in [0.717, 1.165) is 16.8 Å². The summed E-state index contributed by atoms with van der Waals surface area (Å²) in [5.41, 5.74) is 3.61. The van der Waals surface area contributed by atoms with E-state index in [4.69, 9.17) is 0 Å². The van der Waals surface area contributed by atoms with Crippen LogP contribution in [0.1, 0.15) is 11.1 Å². The highest BCUT2D eigenvalue weighted by Crippen LogP contribution is 2.18. The standard InChI is InChI=1S/C16H17N3O3/c1-11-4-3-5-15(12(11)2)18-16(20)10-17-13-6-8-14(9-7-13)19(21)22/h3-9,17H,10H2,1-2H3,(H,18,20). The van der Waals surface area contributed by atoms with Crippen molar-refractivity contribution in [1.82, 2.24) is 0 Å². The fraction of sp³-hybridized carbons (Fsp3) is 0.188. The van der Waals surface area contributed by atoms with E-state index >= 15 is 0 Å². The maximum Gasteiger partial charge on any atom is 0.269 e. The summed E-state index contributed by atoms with van der Waals surface area (Å²) in [6, 6.07) is 11.7. The van der Waals surface area contributed by atoms with Crippen LogP contribution in [-0.4, -0.2) is 17.4 Å². The maximum absolute atomic E-state index is 11.9. The Kier molecular flexibility index (Phi) is 4.73. The third-order valence-electron chi connectivity index (χ3n) is 3.41. The van der Waals surface area contributed by atoms with Crippen molar-refractivity contribution in [3.63, 3.8) is 0 Å². The predicted octanol–water partition coefficient (Wildman–Crippen LogP) is 3.26. The molecule has 2 rings (SSSR count). The molecule has 6 nitrogen and oxygen atoms in total. The number of nitro benzene ring substituents is 1. The number of carbonyl (C=O) groups is 1. The van der Waals surface area contributed by atoms with E-state index in [1.165, 1.54) is 12.1 Å². The van der Waals surface area contributed by atoms with Crippen LogP contribution in [0.3, 0.4) is 0 Å². The fourth-order valence-electron chi connectivity index (χ4n) is 1.96. The van der Waals surface area contributed by atoms with Crippen LogP contribution in [-0.2, 0) is 4.79 Å². The number of amides is 1. The molecular weight excluding hydrogens is 282 g/mol. The number of nitro groups is 1. The Balaban J connectivity index is 1.92. The first kappa shape index (κ1) is 15.5. The second-order valence-electron chi connectivity index (χ2n) is 4.95. The van der Waals surface area contributed by atoms with Crippen molar-refractivity contribution in [1.29, 1.82) is 0 Å². The van der Waals surface area contributed by atoms with Gasteiger partial charge in [-0.3, -0.25) is 14.9 Å². The van der Waals surface area contributed by atoms with E-state index < -0.39 is 4.92 Å². The Morgan fingerprint density at radius 2 is 1.82 bits per heavy atom. The van der Waals surface area contributed by atoms with Gasteiger partial charge >= 0.3 is 0 Å². The molecule has 1 amide bonds. The molecule has 0 radical (unpaired) electrons. The smallest absolute Gasteiger partial charge is 0.269 e. The molecule has 0 saturated heterocycles. The molecule has 2 aromatic rings. The second-order valence-corrected chi connectivity index (χ2v) is 4.95. The van der Waals surface area contributed by atoms with Gasteiger partial charge in [-0.05, 0) is 43.2 Å². The van der Waals surface area contributed by atoms with Gasteiger partial charge in [0.2, 0.25) is 5.91 Å². The number of nitrogens with zero attached hydrogens (tertiary/aromatic N) is 1. The topological polar surface area (TPSA) is 84.3 Å². The molecular formula is C16H17N3O3. The molecule has 0 fully saturated rings. The molecule has 6 heteroatoms. The number of aryl methyl sites for hydroxylation is 1. The molecule has 0 unspecified atom stereocenters. The summed E-state index contributed by atoms with van der Waals surface area (Å²) in [5.74, 6) is -0.174. The molecule has 0 aromatic heterocycles. The number of non-ortho nitro benzene ring substituents is 1. The van der Waals surface area contributed by atoms with E-state index in [-0.39, 0.29) is 18.1 Å². The molecule has 0 aliphatic heterocycles. The summed E-state index contributed by atoms with van der Waals surface area (Å²) >= 11 is 0. The summed E-state index contributed by atoms with van der Waals surface area (Å²) < 4.78 is 0. The van der Waals surface area contributed by atoms with Gasteiger partial charge in [0.05, 0.1) is 11.5 Å². The first-order chi connectivity index (χ1) is 10.5. The summed E-state index contributed by atoms with van der Waals surface area (Å²) in [7, 11) is 0. The minimum atomic E-state index is -0.461. The van der Waals surface area contributed by atoms with Gasteiger partial charge in [-0.1, -0.05) is 12.1 Å². The van der Waals surface area contributed by atoms with Crippen LogP contribution in [0.2, 0.25) is 0 Å². The van der Waals surface area contributed by atoms with Crippen molar-refractivity contribution in [2.45, 2.75) is 13.8 Å². The van der Waals surface area contributed by atoms with Crippen molar-refractivity contribution in [3.8, 4) is 0 Å². The first-order valence-corrected chi connectivity index (χ1v) is 6.82. The van der Waals surface area contributed by atoms with E-state index in [9.17, 15) is 14.9 Å². The third kappa shape index (κ3) is 3.82. The highest BCUT2D eigenvalue weighted by atomic mass is 16.6. The quantitative estimate of drug-likeness (QED) is 0.655. The molecule has 0 aliphatic carbocycles. The van der Waals surface area contributed by atoms with Crippen molar-refractivity contribution < 1.29 is 9.72 Å². The second kappa shape index (κ2) is 6.71. The van der Waals surface area contributed by atoms with E-state index in [0.29, 0.717) is 5.69 Å². The van der Waals surface area contributed by atoms with Crippen molar-refractivity contribution in [3.05, 3.63) is 63.7 Å². The molecule has 0 bridgehead atoms. The lowest BCUT2D eigenvalue weighted by molar-refractivity contribution is -0.384. The number of anilines is 2. The lowest BCUT2D eigenvalue weighted by atomic mass is 10.1. The molecule has 2 N–H and O–H groups in total. The van der Waals surface area contributed by atoms with Crippen LogP contribution in [0.25, 0.3) is 0 Å². The molecule has 114 valence electrons. The normalized spacial score (nSPS) is 10.1. The molecule has 0 atom stereocenters. The monoisotopic (exact) mass is 299 g/mol. The van der Waals surface area contributed by atoms with Crippen LogP contribution in [0, 0.1) is 24.0 Å². The van der Waals surface area contributed by atoms with Gasteiger partial charge in [0.15, 0.2) is 0 Å². The van der Waals surface area contributed by atoms with Crippen LogP contribution >= 0.6 is 0 Å². The van der Waals surface area contributed by atoms with E-state index in [1.807, 2.05) is 32.0 Å². The number of hydrogen-bond donors (Lipinski definition) is 2. The van der Waals surface area contributed by atoms with Gasteiger partial charge < -0.3 is 10.6 Å². The predicted molar refractivity (Wildman–Crippen MR) is 86.1 cm³/mol. The zero-order valence-electron chi connectivity index (χ0n) is 12.4. The first-order valence-electron chi connectivity index (χ1n) is 6.82. The van der Waals surface area contributed by atoms with Gasteiger partial charge in [0.1, 0.15) is 0 Å². The highest BCUT2D eigenvalue weighted by Gasteiger charge is 2.07. The third-order valence-corrected chi connectivity index (χ3v) is 3.41. The largest absolute Gasteiger partial charge is 0.376 e. The molecule has 0 spiro atoms. The van der Waals surface area contributed by atoms with Crippen molar-refractivity contribution in [2.24, 2.45) is 0 Å².